The zero-order valence-corrected chi connectivity index (χ0v) is 24.3. The Balaban J connectivity index is 2.20. The number of rotatable bonds is 18. The Bertz CT molecular complexity index is 1080. The maximum absolute atomic E-state index is 13.4. The Hall–Kier alpha value is -2.69. The first-order chi connectivity index (χ1) is 17.9. The fourth-order valence-corrected chi connectivity index (χ4v) is 4.28. The molecule has 0 unspecified atom stereocenters. The number of aryl methyl sites for hydroxylation is 1. The smallest absolute Gasteiger partial charge is 0.297 e. The summed E-state index contributed by atoms with van der Waals surface area (Å²) >= 11 is 0. The molecule has 0 radical (unpaired) electrons. The van der Waals surface area contributed by atoms with E-state index in [9.17, 15) is 4.79 Å². The molecule has 2 rings (SSSR count). The van der Waals surface area contributed by atoms with Crippen molar-refractivity contribution >= 4 is 16.6 Å². The largest absolute Gasteiger partial charge is 0.489 e. The summed E-state index contributed by atoms with van der Waals surface area (Å²) in [5.41, 5.74) is 4.30. The third-order valence-electron chi connectivity index (χ3n) is 6.66. The van der Waals surface area contributed by atoms with Gasteiger partial charge in [0.2, 0.25) is 5.75 Å². The molecule has 2 aromatic rings. The molecule has 0 aliphatic rings. The van der Waals surface area contributed by atoms with E-state index in [0.717, 1.165) is 55.2 Å². The minimum absolute atomic E-state index is 0.164. The monoisotopic (exact) mass is 510 g/mol. The molecule has 0 spiro atoms. The van der Waals surface area contributed by atoms with Crippen molar-refractivity contribution in [2.45, 2.75) is 98.8 Å². The number of pyridine rings is 1. The van der Waals surface area contributed by atoms with Crippen LogP contribution in [0.25, 0.3) is 10.9 Å². The molecule has 0 aliphatic heterocycles. The fraction of sp³-hybridized carbons (Fsp3) is 0.594. The Morgan fingerprint density at radius 1 is 0.919 bits per heavy atom. The van der Waals surface area contributed by atoms with Gasteiger partial charge < -0.3 is 19.4 Å². The van der Waals surface area contributed by atoms with Crippen LogP contribution in [0.1, 0.15) is 98.8 Å². The van der Waals surface area contributed by atoms with Crippen LogP contribution in [0.2, 0.25) is 0 Å². The summed E-state index contributed by atoms with van der Waals surface area (Å²) in [6.07, 6.45) is 15.9. The highest BCUT2D eigenvalue weighted by atomic mass is 16.5. The van der Waals surface area contributed by atoms with Gasteiger partial charge >= 0.3 is 0 Å². The lowest BCUT2D eigenvalue weighted by molar-refractivity contribution is 0.278. The second kappa shape index (κ2) is 16.9. The van der Waals surface area contributed by atoms with Crippen molar-refractivity contribution in [1.82, 2.24) is 4.57 Å². The number of nitrogens with one attached hydrogen (secondary N) is 1. The third-order valence-corrected chi connectivity index (χ3v) is 6.66. The standard InChI is InChI=1S/C32H50N2O3/c1-7-9-11-12-13-14-21-33-27-18-19-28-29(24-27)34(6)32(35)31(30(28)36-22-10-8-2)37-23-20-26(5)17-15-16-25(3)4/h16,18-20,24,33H,7-15,17,21-23H2,1-6H3/b26-20+. The van der Waals surface area contributed by atoms with Crippen LogP contribution in [-0.2, 0) is 7.05 Å². The summed E-state index contributed by atoms with van der Waals surface area (Å²) in [6.45, 7) is 12.6. The highest BCUT2D eigenvalue weighted by Gasteiger charge is 2.18. The molecule has 1 heterocycles. The van der Waals surface area contributed by atoms with Crippen LogP contribution in [0.4, 0.5) is 5.69 Å². The van der Waals surface area contributed by atoms with Crippen molar-refractivity contribution in [3.63, 3.8) is 0 Å². The van der Waals surface area contributed by atoms with Crippen LogP contribution in [0.3, 0.4) is 0 Å². The van der Waals surface area contributed by atoms with Crippen LogP contribution >= 0.6 is 0 Å². The van der Waals surface area contributed by atoms with E-state index in [1.54, 1.807) is 4.57 Å². The molecule has 0 aliphatic carbocycles. The Morgan fingerprint density at radius 3 is 2.38 bits per heavy atom. The van der Waals surface area contributed by atoms with Gasteiger partial charge in [0.05, 0.1) is 12.1 Å². The molecule has 37 heavy (non-hydrogen) atoms. The normalized spacial score (nSPS) is 11.6. The van der Waals surface area contributed by atoms with E-state index >= 15 is 0 Å². The van der Waals surface area contributed by atoms with Crippen molar-refractivity contribution in [1.29, 1.82) is 0 Å². The van der Waals surface area contributed by atoms with Gasteiger partial charge in [-0.15, -0.1) is 0 Å². The number of hydrogen-bond donors (Lipinski definition) is 1. The number of benzene rings is 1. The molecule has 0 saturated heterocycles. The first-order valence-corrected chi connectivity index (χ1v) is 14.3. The average Bonchev–Trinajstić information content (AvgIpc) is 2.87. The lowest BCUT2D eigenvalue weighted by Crippen LogP contribution is -2.21. The SMILES string of the molecule is CCCCCCCCNc1ccc2c(OCCCC)c(OC/C=C(\C)CCC=C(C)C)c(=O)n(C)c2c1. The zero-order valence-electron chi connectivity index (χ0n) is 24.3. The van der Waals surface area contributed by atoms with Crippen molar-refractivity contribution < 1.29 is 9.47 Å². The molecule has 1 N–H and O–H groups in total. The van der Waals surface area contributed by atoms with E-state index in [0.29, 0.717) is 24.7 Å². The van der Waals surface area contributed by atoms with Gasteiger partial charge in [0.1, 0.15) is 6.61 Å². The van der Waals surface area contributed by atoms with Crippen LogP contribution in [0.15, 0.2) is 46.3 Å². The average molecular weight is 511 g/mol. The number of hydrogen-bond acceptors (Lipinski definition) is 4. The molecular weight excluding hydrogens is 460 g/mol. The van der Waals surface area contributed by atoms with Crippen LogP contribution in [0.5, 0.6) is 11.5 Å². The molecule has 0 fully saturated rings. The predicted octanol–water partition coefficient (Wildman–Crippen LogP) is 8.56. The van der Waals surface area contributed by atoms with Gasteiger partial charge in [-0.2, -0.15) is 0 Å². The molecule has 0 bridgehead atoms. The second-order valence-electron chi connectivity index (χ2n) is 10.3. The van der Waals surface area contributed by atoms with E-state index in [1.807, 2.05) is 13.1 Å². The Kier molecular flexibility index (Phi) is 14.0. The van der Waals surface area contributed by atoms with Gasteiger partial charge in [-0.1, -0.05) is 69.6 Å². The van der Waals surface area contributed by atoms with Gasteiger partial charge in [0, 0.05) is 24.7 Å². The van der Waals surface area contributed by atoms with Gasteiger partial charge in [0.15, 0.2) is 5.75 Å². The minimum atomic E-state index is -0.164. The maximum Gasteiger partial charge on any atom is 0.297 e. The predicted molar refractivity (Wildman–Crippen MR) is 159 cm³/mol. The van der Waals surface area contributed by atoms with Gasteiger partial charge in [-0.3, -0.25) is 4.79 Å². The summed E-state index contributed by atoms with van der Waals surface area (Å²) in [7, 11) is 1.81. The number of allylic oxidation sites excluding steroid dienone is 3. The third kappa shape index (κ3) is 10.3. The lowest BCUT2D eigenvalue weighted by atomic mass is 10.1. The number of anilines is 1. The van der Waals surface area contributed by atoms with E-state index in [1.165, 1.54) is 43.3 Å². The summed E-state index contributed by atoms with van der Waals surface area (Å²) < 4.78 is 13.9. The van der Waals surface area contributed by atoms with Crippen molar-refractivity contribution in [2.75, 3.05) is 25.1 Å². The highest BCUT2D eigenvalue weighted by Crippen LogP contribution is 2.34. The van der Waals surface area contributed by atoms with Gasteiger partial charge in [0.25, 0.3) is 5.56 Å². The summed E-state index contributed by atoms with van der Waals surface area (Å²) in [5.74, 6) is 0.858. The summed E-state index contributed by atoms with van der Waals surface area (Å²) in [6, 6.07) is 6.18. The van der Waals surface area contributed by atoms with Crippen LogP contribution in [-0.4, -0.2) is 24.3 Å². The van der Waals surface area contributed by atoms with Crippen molar-refractivity contribution in [3.8, 4) is 11.5 Å². The summed E-state index contributed by atoms with van der Waals surface area (Å²) in [4.78, 5) is 13.4. The molecule has 1 aromatic carbocycles. The molecule has 0 amide bonds. The number of aromatic nitrogens is 1. The fourth-order valence-electron chi connectivity index (χ4n) is 4.28. The second-order valence-corrected chi connectivity index (χ2v) is 10.3. The Morgan fingerprint density at radius 2 is 1.65 bits per heavy atom. The van der Waals surface area contributed by atoms with Crippen LogP contribution < -0.4 is 20.3 Å². The molecule has 0 atom stereocenters. The van der Waals surface area contributed by atoms with Crippen molar-refractivity contribution in [2.24, 2.45) is 7.05 Å². The first-order valence-electron chi connectivity index (χ1n) is 14.3. The summed E-state index contributed by atoms with van der Waals surface area (Å²) in [5, 5.41) is 4.44. The minimum Gasteiger partial charge on any atom is -0.489 e. The first kappa shape index (κ1) is 30.5. The highest BCUT2D eigenvalue weighted by molar-refractivity contribution is 5.90. The number of unbranched alkanes of at least 4 members (excludes halogenated alkanes) is 6. The number of ether oxygens (including phenoxy) is 2. The number of fused-ring (bicyclic) bond motifs is 1. The quantitative estimate of drug-likeness (QED) is 0.161. The number of nitrogens with zero attached hydrogens (tertiary/aromatic N) is 1. The molecular formula is C32H50N2O3. The van der Waals surface area contributed by atoms with E-state index in [2.05, 4.69) is 64.2 Å². The molecule has 1 aromatic heterocycles. The van der Waals surface area contributed by atoms with E-state index in [4.69, 9.17) is 9.47 Å². The van der Waals surface area contributed by atoms with Gasteiger partial charge in [-0.05, 0) is 70.7 Å². The molecule has 5 heteroatoms. The zero-order chi connectivity index (χ0) is 27.0. The van der Waals surface area contributed by atoms with Crippen LogP contribution in [0, 0.1) is 0 Å². The molecule has 0 saturated carbocycles. The van der Waals surface area contributed by atoms with Gasteiger partial charge in [-0.25, -0.2) is 0 Å². The maximum atomic E-state index is 13.4. The van der Waals surface area contributed by atoms with E-state index < -0.39 is 0 Å². The topological polar surface area (TPSA) is 52.5 Å². The Labute approximate surface area is 224 Å². The molecule has 206 valence electrons. The molecule has 5 nitrogen and oxygen atoms in total. The van der Waals surface area contributed by atoms with E-state index in [-0.39, 0.29) is 5.56 Å². The van der Waals surface area contributed by atoms with Crippen molar-refractivity contribution in [3.05, 3.63) is 51.9 Å². The lowest BCUT2D eigenvalue weighted by Gasteiger charge is -2.17.